The Hall–Kier alpha value is -3.12. The summed E-state index contributed by atoms with van der Waals surface area (Å²) in [4.78, 5) is 16.2. The molecule has 0 aliphatic heterocycles. The summed E-state index contributed by atoms with van der Waals surface area (Å²) in [6.45, 7) is 3.91. The third-order valence-electron chi connectivity index (χ3n) is 3.84. The Kier molecular flexibility index (Phi) is 5.04. The molecule has 3 aromatic rings. The van der Waals surface area contributed by atoms with Crippen LogP contribution in [0, 0.1) is 13.8 Å². The monoisotopic (exact) mass is 367 g/mol. The number of rotatable bonds is 5. The molecule has 1 aromatic heterocycles. The Labute approximate surface area is 156 Å². The zero-order valence-electron chi connectivity index (χ0n) is 14.4. The van der Waals surface area contributed by atoms with Gasteiger partial charge in [-0.2, -0.15) is 5.10 Å². The highest BCUT2D eigenvalue weighted by molar-refractivity contribution is 6.30. The summed E-state index contributed by atoms with van der Waals surface area (Å²) < 4.78 is 0. The SMILES string of the molecule is Cc1cccc(Nc2[nH]nc(N=Cc3ccc(Cl)cc3C)c2C(N)=O)c1. The minimum atomic E-state index is -0.617. The number of aromatic amines is 1. The Morgan fingerprint density at radius 3 is 2.77 bits per heavy atom. The third kappa shape index (κ3) is 3.92. The van der Waals surface area contributed by atoms with Gasteiger partial charge in [0.05, 0.1) is 0 Å². The van der Waals surface area contributed by atoms with E-state index in [1.54, 1.807) is 12.3 Å². The zero-order chi connectivity index (χ0) is 18.7. The number of halogens is 1. The number of nitrogens with two attached hydrogens (primary N) is 1. The lowest BCUT2D eigenvalue weighted by atomic mass is 10.1. The number of amides is 1. The Balaban J connectivity index is 1.92. The fraction of sp³-hybridized carbons (Fsp3) is 0.105. The molecular formula is C19H18ClN5O. The molecule has 1 heterocycles. The lowest BCUT2D eigenvalue weighted by Crippen LogP contribution is -2.12. The van der Waals surface area contributed by atoms with E-state index in [9.17, 15) is 4.79 Å². The molecule has 4 N–H and O–H groups in total. The quantitative estimate of drug-likeness (QED) is 0.587. The average Bonchev–Trinajstić information content (AvgIpc) is 2.97. The number of H-pyrrole nitrogens is 1. The molecule has 1 amide bonds. The van der Waals surface area contributed by atoms with Gasteiger partial charge in [0.15, 0.2) is 5.82 Å². The molecule has 0 spiro atoms. The molecule has 0 aliphatic carbocycles. The van der Waals surface area contributed by atoms with Crippen molar-refractivity contribution in [2.75, 3.05) is 5.32 Å². The molecule has 2 aromatic carbocycles. The van der Waals surface area contributed by atoms with Crippen LogP contribution in [-0.4, -0.2) is 22.3 Å². The number of primary amides is 1. The summed E-state index contributed by atoms with van der Waals surface area (Å²) in [5.74, 6) is 0.0129. The van der Waals surface area contributed by atoms with Gasteiger partial charge in [0.25, 0.3) is 5.91 Å². The van der Waals surface area contributed by atoms with Gasteiger partial charge in [0.2, 0.25) is 0 Å². The fourth-order valence-corrected chi connectivity index (χ4v) is 2.76. The minimum Gasteiger partial charge on any atom is -0.365 e. The van der Waals surface area contributed by atoms with Gasteiger partial charge >= 0.3 is 0 Å². The van der Waals surface area contributed by atoms with Crippen molar-refractivity contribution in [2.45, 2.75) is 13.8 Å². The highest BCUT2D eigenvalue weighted by Gasteiger charge is 2.18. The smallest absolute Gasteiger partial charge is 0.256 e. The number of carbonyl (C=O) groups is 1. The minimum absolute atomic E-state index is 0.203. The molecule has 0 radical (unpaired) electrons. The van der Waals surface area contributed by atoms with Crippen LogP contribution in [0.5, 0.6) is 0 Å². The van der Waals surface area contributed by atoms with Crippen molar-refractivity contribution in [3.05, 3.63) is 69.7 Å². The van der Waals surface area contributed by atoms with Gasteiger partial charge in [0, 0.05) is 16.9 Å². The van der Waals surface area contributed by atoms with Crippen LogP contribution in [0.25, 0.3) is 0 Å². The lowest BCUT2D eigenvalue weighted by molar-refractivity contribution is 0.100. The van der Waals surface area contributed by atoms with Gasteiger partial charge in [0.1, 0.15) is 11.4 Å². The Morgan fingerprint density at radius 1 is 1.27 bits per heavy atom. The number of benzene rings is 2. The predicted octanol–water partition coefficient (Wildman–Crippen LogP) is 4.27. The van der Waals surface area contributed by atoms with Crippen molar-refractivity contribution >= 4 is 41.0 Å². The summed E-state index contributed by atoms with van der Waals surface area (Å²) >= 11 is 5.96. The summed E-state index contributed by atoms with van der Waals surface area (Å²) in [5, 5.41) is 10.7. The number of aromatic nitrogens is 2. The van der Waals surface area contributed by atoms with Crippen LogP contribution in [-0.2, 0) is 0 Å². The normalized spacial score (nSPS) is 11.0. The van der Waals surface area contributed by atoms with Crippen molar-refractivity contribution < 1.29 is 4.79 Å². The standard InChI is InChI=1S/C19H18ClN5O/c1-11-4-3-5-15(8-11)23-19-16(17(21)26)18(24-25-19)22-10-13-6-7-14(20)9-12(13)2/h3-10H,1-2H3,(H2,21,26)(H2,23,24,25). The zero-order valence-corrected chi connectivity index (χ0v) is 15.1. The number of nitrogens with one attached hydrogen (secondary N) is 2. The fourth-order valence-electron chi connectivity index (χ4n) is 2.53. The molecule has 132 valence electrons. The third-order valence-corrected chi connectivity index (χ3v) is 4.07. The Bertz CT molecular complexity index is 993. The molecule has 6 nitrogen and oxygen atoms in total. The number of nitrogens with zero attached hydrogens (tertiary/aromatic N) is 2. The van der Waals surface area contributed by atoms with Gasteiger partial charge in [-0.15, -0.1) is 0 Å². The van der Waals surface area contributed by atoms with Crippen LogP contribution in [0.2, 0.25) is 5.02 Å². The van der Waals surface area contributed by atoms with E-state index >= 15 is 0 Å². The number of carbonyl (C=O) groups excluding carboxylic acids is 1. The average molecular weight is 368 g/mol. The molecule has 0 bridgehead atoms. The first-order valence-electron chi connectivity index (χ1n) is 7.96. The van der Waals surface area contributed by atoms with Gasteiger partial charge in [-0.05, 0) is 54.8 Å². The first kappa shape index (κ1) is 17.7. The molecule has 0 saturated carbocycles. The van der Waals surface area contributed by atoms with Crippen molar-refractivity contribution in [2.24, 2.45) is 10.7 Å². The van der Waals surface area contributed by atoms with Gasteiger partial charge in [-0.25, -0.2) is 4.99 Å². The molecule has 0 aliphatic rings. The predicted molar refractivity (Wildman–Crippen MR) is 105 cm³/mol. The van der Waals surface area contributed by atoms with E-state index in [2.05, 4.69) is 20.5 Å². The summed E-state index contributed by atoms with van der Waals surface area (Å²) in [7, 11) is 0. The first-order valence-corrected chi connectivity index (χ1v) is 8.34. The molecule has 0 fully saturated rings. The maximum atomic E-state index is 11.9. The Morgan fingerprint density at radius 2 is 2.08 bits per heavy atom. The molecule has 7 heteroatoms. The van der Waals surface area contributed by atoms with Crippen molar-refractivity contribution in [3.63, 3.8) is 0 Å². The molecule has 0 atom stereocenters. The molecular weight excluding hydrogens is 350 g/mol. The maximum Gasteiger partial charge on any atom is 0.256 e. The number of anilines is 2. The topological polar surface area (TPSA) is 96.2 Å². The second kappa shape index (κ2) is 7.41. The first-order chi connectivity index (χ1) is 12.4. The molecule has 0 unspecified atom stereocenters. The van der Waals surface area contributed by atoms with E-state index in [1.165, 1.54) is 0 Å². The van der Waals surface area contributed by atoms with Gasteiger partial charge in [-0.3, -0.25) is 9.89 Å². The van der Waals surface area contributed by atoms with Crippen LogP contribution in [0.4, 0.5) is 17.3 Å². The van der Waals surface area contributed by atoms with Crippen LogP contribution in [0.15, 0.2) is 47.5 Å². The van der Waals surface area contributed by atoms with Crippen LogP contribution in [0.3, 0.4) is 0 Å². The summed E-state index contributed by atoms with van der Waals surface area (Å²) in [6, 6.07) is 13.2. The van der Waals surface area contributed by atoms with E-state index < -0.39 is 5.91 Å². The molecule has 3 rings (SSSR count). The van der Waals surface area contributed by atoms with Crippen LogP contribution in [0.1, 0.15) is 27.0 Å². The largest absolute Gasteiger partial charge is 0.365 e. The second-order valence-electron chi connectivity index (χ2n) is 5.92. The number of aliphatic imine (C=N–C) groups is 1. The van der Waals surface area contributed by atoms with Gasteiger partial charge < -0.3 is 11.1 Å². The van der Waals surface area contributed by atoms with E-state index in [4.69, 9.17) is 17.3 Å². The van der Waals surface area contributed by atoms with E-state index in [0.717, 1.165) is 22.4 Å². The number of hydrogen-bond donors (Lipinski definition) is 3. The van der Waals surface area contributed by atoms with E-state index in [1.807, 2.05) is 50.2 Å². The van der Waals surface area contributed by atoms with Crippen LogP contribution >= 0.6 is 11.6 Å². The van der Waals surface area contributed by atoms with E-state index in [-0.39, 0.29) is 11.4 Å². The van der Waals surface area contributed by atoms with Crippen molar-refractivity contribution in [1.82, 2.24) is 10.2 Å². The molecule has 26 heavy (non-hydrogen) atoms. The lowest BCUT2D eigenvalue weighted by Gasteiger charge is -2.06. The van der Waals surface area contributed by atoms with Crippen molar-refractivity contribution in [3.8, 4) is 0 Å². The highest BCUT2D eigenvalue weighted by Crippen LogP contribution is 2.26. The number of aryl methyl sites for hydroxylation is 2. The highest BCUT2D eigenvalue weighted by atomic mass is 35.5. The maximum absolute atomic E-state index is 11.9. The summed E-state index contributed by atoms with van der Waals surface area (Å²) in [6.07, 6.45) is 1.63. The summed E-state index contributed by atoms with van der Waals surface area (Å²) in [5.41, 5.74) is 9.49. The molecule has 0 saturated heterocycles. The van der Waals surface area contributed by atoms with E-state index in [0.29, 0.717) is 10.8 Å². The second-order valence-corrected chi connectivity index (χ2v) is 6.35. The van der Waals surface area contributed by atoms with Gasteiger partial charge in [-0.1, -0.05) is 29.8 Å². The van der Waals surface area contributed by atoms with Crippen LogP contribution < -0.4 is 11.1 Å². The number of hydrogen-bond acceptors (Lipinski definition) is 4. The van der Waals surface area contributed by atoms with Crippen molar-refractivity contribution in [1.29, 1.82) is 0 Å².